The van der Waals surface area contributed by atoms with E-state index in [9.17, 15) is 4.79 Å². The number of benzene rings is 1. The average Bonchev–Trinajstić information content (AvgIpc) is 2.18. The second-order valence-electron chi connectivity index (χ2n) is 3.82. The molecule has 0 aromatic heterocycles. The molecule has 0 bridgehead atoms. The van der Waals surface area contributed by atoms with Crippen molar-refractivity contribution in [2.24, 2.45) is 0 Å². The standard InChI is InChI=1S/C12H18N2O.ClH/c1-9(2)10-6-4-5-7-11(10)14-12(15)8-13-3;/h4-7,9,13H,8H2,1-3H3,(H,14,15);1H. The van der Waals surface area contributed by atoms with Gasteiger partial charge in [0.1, 0.15) is 0 Å². The summed E-state index contributed by atoms with van der Waals surface area (Å²) in [6, 6.07) is 7.90. The van der Waals surface area contributed by atoms with Crippen molar-refractivity contribution in [2.75, 3.05) is 18.9 Å². The summed E-state index contributed by atoms with van der Waals surface area (Å²) < 4.78 is 0. The molecule has 0 saturated carbocycles. The number of amides is 1. The van der Waals surface area contributed by atoms with Crippen LogP contribution >= 0.6 is 12.4 Å². The number of halogens is 1. The maximum atomic E-state index is 11.4. The topological polar surface area (TPSA) is 41.1 Å². The maximum Gasteiger partial charge on any atom is 0.238 e. The molecular formula is C12H19ClN2O. The van der Waals surface area contributed by atoms with Gasteiger partial charge in [-0.15, -0.1) is 12.4 Å². The van der Waals surface area contributed by atoms with Crippen LogP contribution in [0, 0.1) is 0 Å². The van der Waals surface area contributed by atoms with Crippen LogP contribution in [-0.2, 0) is 4.79 Å². The molecule has 0 heterocycles. The Balaban J connectivity index is 0.00000225. The summed E-state index contributed by atoms with van der Waals surface area (Å²) in [5.74, 6) is 0.404. The number of carbonyl (C=O) groups is 1. The highest BCUT2D eigenvalue weighted by Gasteiger charge is 2.07. The SMILES string of the molecule is CNCC(=O)Nc1ccccc1C(C)C.Cl. The highest BCUT2D eigenvalue weighted by molar-refractivity contribution is 5.93. The summed E-state index contributed by atoms with van der Waals surface area (Å²) in [5, 5.41) is 5.72. The number of carbonyl (C=O) groups excluding carboxylic acids is 1. The van der Waals surface area contributed by atoms with Crippen molar-refractivity contribution in [1.82, 2.24) is 5.32 Å². The van der Waals surface area contributed by atoms with E-state index < -0.39 is 0 Å². The smallest absolute Gasteiger partial charge is 0.238 e. The monoisotopic (exact) mass is 242 g/mol. The number of para-hydroxylation sites is 1. The van der Waals surface area contributed by atoms with Crippen LogP contribution in [0.2, 0.25) is 0 Å². The van der Waals surface area contributed by atoms with Crippen molar-refractivity contribution in [1.29, 1.82) is 0 Å². The van der Waals surface area contributed by atoms with E-state index in [1.54, 1.807) is 7.05 Å². The van der Waals surface area contributed by atoms with Crippen molar-refractivity contribution < 1.29 is 4.79 Å². The zero-order valence-electron chi connectivity index (χ0n) is 9.91. The molecule has 0 spiro atoms. The Morgan fingerprint density at radius 1 is 1.31 bits per heavy atom. The number of nitrogens with one attached hydrogen (secondary N) is 2. The van der Waals surface area contributed by atoms with Gasteiger partial charge in [0.25, 0.3) is 0 Å². The molecule has 0 aliphatic heterocycles. The van der Waals surface area contributed by atoms with E-state index in [1.807, 2.05) is 24.3 Å². The lowest BCUT2D eigenvalue weighted by Crippen LogP contribution is -2.25. The van der Waals surface area contributed by atoms with Crippen LogP contribution in [0.5, 0.6) is 0 Å². The Morgan fingerprint density at radius 3 is 2.50 bits per heavy atom. The lowest BCUT2D eigenvalue weighted by molar-refractivity contribution is -0.115. The second-order valence-corrected chi connectivity index (χ2v) is 3.82. The molecule has 0 fully saturated rings. The lowest BCUT2D eigenvalue weighted by atomic mass is 10.0. The quantitative estimate of drug-likeness (QED) is 0.851. The predicted molar refractivity (Wildman–Crippen MR) is 70.3 cm³/mol. The summed E-state index contributed by atoms with van der Waals surface area (Å²) >= 11 is 0. The zero-order valence-corrected chi connectivity index (χ0v) is 10.7. The Kier molecular flexibility index (Phi) is 6.77. The third kappa shape index (κ3) is 4.21. The highest BCUT2D eigenvalue weighted by atomic mass is 35.5. The fraction of sp³-hybridized carbons (Fsp3) is 0.417. The minimum atomic E-state index is -0.00870. The summed E-state index contributed by atoms with van der Waals surface area (Å²) in [5.41, 5.74) is 2.08. The molecule has 3 nitrogen and oxygen atoms in total. The Hall–Kier alpha value is -1.06. The predicted octanol–water partition coefficient (Wildman–Crippen LogP) is 2.39. The van der Waals surface area contributed by atoms with Gasteiger partial charge in [-0.25, -0.2) is 0 Å². The molecule has 2 N–H and O–H groups in total. The van der Waals surface area contributed by atoms with E-state index in [0.29, 0.717) is 12.5 Å². The van der Waals surface area contributed by atoms with Gasteiger partial charge in [0.15, 0.2) is 0 Å². The van der Waals surface area contributed by atoms with Crippen molar-refractivity contribution in [3.63, 3.8) is 0 Å². The highest BCUT2D eigenvalue weighted by Crippen LogP contribution is 2.23. The third-order valence-corrected chi connectivity index (χ3v) is 2.19. The van der Waals surface area contributed by atoms with E-state index in [1.165, 1.54) is 5.56 Å². The normalized spacial score (nSPS) is 9.75. The van der Waals surface area contributed by atoms with Gasteiger partial charge in [-0.2, -0.15) is 0 Å². The first-order valence-corrected chi connectivity index (χ1v) is 5.18. The van der Waals surface area contributed by atoms with Crippen molar-refractivity contribution in [2.45, 2.75) is 19.8 Å². The van der Waals surface area contributed by atoms with Gasteiger partial charge >= 0.3 is 0 Å². The van der Waals surface area contributed by atoms with Crippen LogP contribution in [0.1, 0.15) is 25.3 Å². The zero-order chi connectivity index (χ0) is 11.3. The fourth-order valence-corrected chi connectivity index (χ4v) is 1.47. The van der Waals surface area contributed by atoms with Crippen LogP contribution < -0.4 is 10.6 Å². The van der Waals surface area contributed by atoms with Gasteiger partial charge in [0.2, 0.25) is 5.91 Å². The average molecular weight is 243 g/mol. The maximum absolute atomic E-state index is 11.4. The molecule has 0 saturated heterocycles. The first-order chi connectivity index (χ1) is 7.15. The Labute approximate surface area is 103 Å². The molecule has 16 heavy (non-hydrogen) atoms. The largest absolute Gasteiger partial charge is 0.325 e. The summed E-state index contributed by atoms with van der Waals surface area (Å²) in [4.78, 5) is 11.4. The Bertz CT molecular complexity index is 340. The first-order valence-electron chi connectivity index (χ1n) is 5.18. The molecule has 0 radical (unpaired) electrons. The van der Waals surface area contributed by atoms with Gasteiger partial charge in [0.05, 0.1) is 6.54 Å². The molecule has 1 amide bonds. The molecule has 1 rings (SSSR count). The number of likely N-dealkylation sites (N-methyl/N-ethyl adjacent to an activating group) is 1. The molecule has 90 valence electrons. The molecule has 1 aromatic carbocycles. The van der Waals surface area contributed by atoms with Crippen LogP contribution in [-0.4, -0.2) is 19.5 Å². The van der Waals surface area contributed by atoms with Crippen LogP contribution in [0.25, 0.3) is 0 Å². The van der Waals surface area contributed by atoms with E-state index in [4.69, 9.17) is 0 Å². The molecule has 1 aromatic rings. The van der Waals surface area contributed by atoms with E-state index in [2.05, 4.69) is 24.5 Å². The van der Waals surface area contributed by atoms with Crippen LogP contribution in [0.15, 0.2) is 24.3 Å². The number of hydrogen-bond acceptors (Lipinski definition) is 2. The van der Waals surface area contributed by atoms with Gasteiger partial charge in [-0.05, 0) is 24.6 Å². The minimum absolute atomic E-state index is 0. The summed E-state index contributed by atoms with van der Waals surface area (Å²) in [6.07, 6.45) is 0. The van der Waals surface area contributed by atoms with Gasteiger partial charge in [0, 0.05) is 5.69 Å². The second kappa shape index (κ2) is 7.25. The van der Waals surface area contributed by atoms with E-state index >= 15 is 0 Å². The third-order valence-electron chi connectivity index (χ3n) is 2.19. The number of rotatable bonds is 4. The molecule has 0 aliphatic rings. The van der Waals surface area contributed by atoms with Gasteiger partial charge in [-0.3, -0.25) is 4.79 Å². The molecule has 0 unspecified atom stereocenters. The van der Waals surface area contributed by atoms with E-state index in [-0.39, 0.29) is 18.3 Å². The summed E-state index contributed by atoms with van der Waals surface area (Å²) in [6.45, 7) is 4.57. The van der Waals surface area contributed by atoms with Crippen LogP contribution in [0.4, 0.5) is 5.69 Å². The van der Waals surface area contributed by atoms with Crippen LogP contribution in [0.3, 0.4) is 0 Å². The fourth-order valence-electron chi connectivity index (χ4n) is 1.47. The summed E-state index contributed by atoms with van der Waals surface area (Å²) in [7, 11) is 1.76. The Morgan fingerprint density at radius 2 is 1.94 bits per heavy atom. The van der Waals surface area contributed by atoms with Crippen molar-refractivity contribution in [3.8, 4) is 0 Å². The molecule has 0 aliphatic carbocycles. The number of hydrogen-bond donors (Lipinski definition) is 2. The molecular weight excluding hydrogens is 224 g/mol. The van der Waals surface area contributed by atoms with Gasteiger partial charge < -0.3 is 10.6 Å². The minimum Gasteiger partial charge on any atom is -0.325 e. The van der Waals surface area contributed by atoms with Crippen molar-refractivity contribution >= 4 is 24.0 Å². The molecule has 4 heteroatoms. The molecule has 0 atom stereocenters. The first kappa shape index (κ1) is 14.9. The van der Waals surface area contributed by atoms with Crippen molar-refractivity contribution in [3.05, 3.63) is 29.8 Å². The number of anilines is 1. The lowest BCUT2D eigenvalue weighted by Gasteiger charge is -2.13. The van der Waals surface area contributed by atoms with Gasteiger partial charge in [-0.1, -0.05) is 32.0 Å². The van der Waals surface area contributed by atoms with E-state index in [0.717, 1.165) is 5.69 Å².